The van der Waals surface area contributed by atoms with Crippen molar-refractivity contribution < 1.29 is 0 Å². The molecule has 14 heavy (non-hydrogen) atoms. The topological polar surface area (TPSA) is 0 Å². The fraction of sp³-hybridized carbons (Fsp3) is 0.538. The molecule has 0 aromatic heterocycles. The number of alkyl halides is 1. The maximum Gasteiger partial charge on any atom is 0.0100 e. The maximum atomic E-state index is 3.62. The standard InChI is InChI=1S/C13H19Br/c1-10(2)8-12(9-14)13-7-5-4-6-11(13)3/h4-7,10,12H,8-9H2,1-3H3. The lowest BCUT2D eigenvalue weighted by atomic mass is 9.89. The van der Waals surface area contributed by atoms with Crippen LogP contribution in [0.2, 0.25) is 0 Å². The van der Waals surface area contributed by atoms with Gasteiger partial charge in [0.25, 0.3) is 0 Å². The molecule has 1 heteroatoms. The summed E-state index contributed by atoms with van der Waals surface area (Å²) in [5.74, 6) is 1.42. The molecular formula is C13H19Br. The first-order chi connectivity index (χ1) is 6.65. The first-order valence-electron chi connectivity index (χ1n) is 5.26. The molecule has 1 aromatic carbocycles. The summed E-state index contributed by atoms with van der Waals surface area (Å²) in [7, 11) is 0. The summed E-state index contributed by atoms with van der Waals surface area (Å²) in [5.41, 5.74) is 2.91. The van der Waals surface area contributed by atoms with Gasteiger partial charge in [-0.25, -0.2) is 0 Å². The molecule has 0 aliphatic carbocycles. The molecule has 1 aromatic rings. The van der Waals surface area contributed by atoms with Gasteiger partial charge >= 0.3 is 0 Å². The summed E-state index contributed by atoms with van der Waals surface area (Å²) >= 11 is 3.62. The summed E-state index contributed by atoms with van der Waals surface area (Å²) in [6.45, 7) is 6.77. The zero-order valence-electron chi connectivity index (χ0n) is 9.26. The van der Waals surface area contributed by atoms with Gasteiger partial charge in [0, 0.05) is 5.33 Å². The molecule has 0 spiro atoms. The highest BCUT2D eigenvalue weighted by molar-refractivity contribution is 9.09. The average Bonchev–Trinajstić information content (AvgIpc) is 2.15. The van der Waals surface area contributed by atoms with Gasteiger partial charge in [-0.05, 0) is 36.3 Å². The van der Waals surface area contributed by atoms with Crippen molar-refractivity contribution in [3.05, 3.63) is 35.4 Å². The molecule has 78 valence electrons. The van der Waals surface area contributed by atoms with Crippen LogP contribution >= 0.6 is 15.9 Å². The molecule has 0 nitrogen and oxygen atoms in total. The van der Waals surface area contributed by atoms with Crippen molar-refractivity contribution in [1.29, 1.82) is 0 Å². The van der Waals surface area contributed by atoms with Crippen LogP contribution < -0.4 is 0 Å². The van der Waals surface area contributed by atoms with Gasteiger partial charge in [-0.15, -0.1) is 0 Å². The number of hydrogen-bond donors (Lipinski definition) is 0. The Labute approximate surface area is 95.9 Å². The van der Waals surface area contributed by atoms with Crippen LogP contribution in [0, 0.1) is 12.8 Å². The second-order valence-electron chi connectivity index (χ2n) is 4.34. The fourth-order valence-electron chi connectivity index (χ4n) is 1.89. The molecule has 0 aliphatic heterocycles. The molecule has 1 unspecified atom stereocenters. The van der Waals surface area contributed by atoms with E-state index < -0.39 is 0 Å². The van der Waals surface area contributed by atoms with Crippen molar-refractivity contribution in [2.24, 2.45) is 5.92 Å². The lowest BCUT2D eigenvalue weighted by Crippen LogP contribution is -2.06. The van der Waals surface area contributed by atoms with Crippen molar-refractivity contribution in [2.45, 2.75) is 33.1 Å². The quantitative estimate of drug-likeness (QED) is 0.694. The normalized spacial score (nSPS) is 13.2. The molecule has 1 atom stereocenters. The Bertz CT molecular complexity index is 278. The third-order valence-electron chi connectivity index (χ3n) is 2.57. The third kappa shape index (κ3) is 3.13. The Hall–Kier alpha value is -0.300. The molecule has 0 N–H and O–H groups in total. The molecule has 0 heterocycles. The second kappa shape index (κ2) is 5.55. The zero-order chi connectivity index (χ0) is 10.6. The Morgan fingerprint density at radius 1 is 1.21 bits per heavy atom. The minimum atomic E-state index is 0.663. The SMILES string of the molecule is Cc1ccccc1C(CBr)CC(C)C. The van der Waals surface area contributed by atoms with Gasteiger partial charge < -0.3 is 0 Å². The summed E-state index contributed by atoms with van der Waals surface area (Å²) < 4.78 is 0. The third-order valence-corrected chi connectivity index (χ3v) is 3.35. The Kier molecular flexibility index (Phi) is 4.67. The summed E-state index contributed by atoms with van der Waals surface area (Å²) in [5, 5.41) is 1.07. The van der Waals surface area contributed by atoms with E-state index in [4.69, 9.17) is 0 Å². The molecule has 1 rings (SSSR count). The molecule has 0 saturated carbocycles. The van der Waals surface area contributed by atoms with E-state index in [-0.39, 0.29) is 0 Å². The predicted molar refractivity (Wildman–Crippen MR) is 67.2 cm³/mol. The Balaban J connectivity index is 2.83. The van der Waals surface area contributed by atoms with Gasteiger partial charge in [-0.1, -0.05) is 54.0 Å². The van der Waals surface area contributed by atoms with Crippen molar-refractivity contribution >= 4 is 15.9 Å². The lowest BCUT2D eigenvalue weighted by Gasteiger charge is -2.18. The van der Waals surface area contributed by atoms with Crippen LogP contribution in [0.25, 0.3) is 0 Å². The minimum Gasteiger partial charge on any atom is -0.0921 e. The van der Waals surface area contributed by atoms with Crippen molar-refractivity contribution in [1.82, 2.24) is 0 Å². The number of rotatable bonds is 4. The molecule has 0 fully saturated rings. The van der Waals surface area contributed by atoms with E-state index >= 15 is 0 Å². The Morgan fingerprint density at radius 3 is 2.36 bits per heavy atom. The van der Waals surface area contributed by atoms with Crippen molar-refractivity contribution in [3.63, 3.8) is 0 Å². The van der Waals surface area contributed by atoms with Crippen molar-refractivity contribution in [3.8, 4) is 0 Å². The van der Waals surface area contributed by atoms with Gasteiger partial charge in [0.1, 0.15) is 0 Å². The lowest BCUT2D eigenvalue weighted by molar-refractivity contribution is 0.528. The van der Waals surface area contributed by atoms with Gasteiger partial charge in [-0.2, -0.15) is 0 Å². The number of hydrogen-bond acceptors (Lipinski definition) is 0. The monoisotopic (exact) mass is 254 g/mol. The highest BCUT2D eigenvalue weighted by atomic mass is 79.9. The fourth-order valence-corrected chi connectivity index (χ4v) is 2.50. The predicted octanol–water partition coefficient (Wildman–Crippen LogP) is 4.52. The zero-order valence-corrected chi connectivity index (χ0v) is 10.8. The van der Waals surface area contributed by atoms with Crippen LogP contribution in [-0.4, -0.2) is 5.33 Å². The van der Waals surface area contributed by atoms with E-state index in [0.717, 1.165) is 11.2 Å². The van der Waals surface area contributed by atoms with Crippen LogP contribution in [-0.2, 0) is 0 Å². The van der Waals surface area contributed by atoms with E-state index in [0.29, 0.717) is 5.92 Å². The van der Waals surface area contributed by atoms with Crippen LogP contribution in [0.4, 0.5) is 0 Å². The van der Waals surface area contributed by atoms with Gasteiger partial charge in [-0.3, -0.25) is 0 Å². The average molecular weight is 255 g/mol. The van der Waals surface area contributed by atoms with Gasteiger partial charge in [0.05, 0.1) is 0 Å². The highest BCUT2D eigenvalue weighted by Crippen LogP contribution is 2.27. The van der Waals surface area contributed by atoms with E-state index in [1.54, 1.807) is 0 Å². The molecule has 0 aliphatic rings. The smallest absolute Gasteiger partial charge is 0.0100 e. The van der Waals surface area contributed by atoms with Crippen LogP contribution in [0.5, 0.6) is 0 Å². The van der Waals surface area contributed by atoms with E-state index in [1.807, 2.05) is 0 Å². The number of aryl methyl sites for hydroxylation is 1. The number of benzene rings is 1. The van der Waals surface area contributed by atoms with Gasteiger partial charge in [0.2, 0.25) is 0 Å². The first kappa shape index (κ1) is 11.8. The van der Waals surface area contributed by atoms with Gasteiger partial charge in [0.15, 0.2) is 0 Å². The largest absolute Gasteiger partial charge is 0.0921 e. The summed E-state index contributed by atoms with van der Waals surface area (Å²) in [4.78, 5) is 0. The maximum absolute atomic E-state index is 3.62. The van der Waals surface area contributed by atoms with E-state index in [9.17, 15) is 0 Å². The Morgan fingerprint density at radius 2 is 1.86 bits per heavy atom. The second-order valence-corrected chi connectivity index (χ2v) is 4.98. The van der Waals surface area contributed by atoms with E-state index in [2.05, 4.69) is 61.0 Å². The van der Waals surface area contributed by atoms with Crippen LogP contribution in [0.15, 0.2) is 24.3 Å². The van der Waals surface area contributed by atoms with Crippen LogP contribution in [0.3, 0.4) is 0 Å². The van der Waals surface area contributed by atoms with Crippen molar-refractivity contribution in [2.75, 3.05) is 5.33 Å². The van der Waals surface area contributed by atoms with Crippen LogP contribution in [0.1, 0.15) is 37.3 Å². The summed E-state index contributed by atoms with van der Waals surface area (Å²) in [6, 6.07) is 8.70. The molecular weight excluding hydrogens is 236 g/mol. The molecule has 0 radical (unpaired) electrons. The molecule has 0 bridgehead atoms. The highest BCUT2D eigenvalue weighted by Gasteiger charge is 2.13. The molecule has 0 saturated heterocycles. The summed E-state index contributed by atoms with van der Waals surface area (Å²) in [6.07, 6.45) is 1.26. The molecule has 0 amide bonds. The first-order valence-corrected chi connectivity index (χ1v) is 6.38. The number of halogens is 1. The van der Waals surface area contributed by atoms with E-state index in [1.165, 1.54) is 17.5 Å². The minimum absolute atomic E-state index is 0.663.